The Morgan fingerprint density at radius 1 is 1.03 bits per heavy atom. The lowest BCUT2D eigenvalue weighted by Crippen LogP contribution is -3.15. The van der Waals surface area contributed by atoms with Crippen LogP contribution in [0.1, 0.15) is 37.2 Å². The second kappa shape index (κ2) is 9.79. The van der Waals surface area contributed by atoms with E-state index in [1.165, 1.54) is 15.3 Å². The van der Waals surface area contributed by atoms with Gasteiger partial charge in [0, 0.05) is 12.1 Å². The van der Waals surface area contributed by atoms with Crippen LogP contribution in [0.2, 0.25) is 0 Å². The molecule has 0 unspecified atom stereocenters. The van der Waals surface area contributed by atoms with Crippen molar-refractivity contribution < 1.29 is 13.3 Å². The monoisotopic (exact) mass is 455 g/mol. The Labute approximate surface area is 189 Å². The van der Waals surface area contributed by atoms with Gasteiger partial charge >= 0.3 is 0 Å². The molecule has 9 heteroatoms. The maximum absolute atomic E-state index is 13.0. The van der Waals surface area contributed by atoms with Gasteiger partial charge in [-0.15, -0.1) is 5.10 Å². The van der Waals surface area contributed by atoms with Crippen molar-refractivity contribution in [2.24, 2.45) is 0 Å². The molecule has 2 aromatic carbocycles. The minimum atomic E-state index is -3.54. The third kappa shape index (κ3) is 4.99. The highest BCUT2D eigenvalue weighted by molar-refractivity contribution is 7.90. The van der Waals surface area contributed by atoms with E-state index < -0.39 is 9.84 Å². The molecule has 1 atom stereocenters. The predicted octanol–water partition coefficient (Wildman–Crippen LogP) is 1.66. The van der Waals surface area contributed by atoms with E-state index in [9.17, 15) is 8.42 Å². The van der Waals surface area contributed by atoms with Gasteiger partial charge in [0.05, 0.1) is 31.1 Å². The highest BCUT2D eigenvalue weighted by Crippen LogP contribution is 2.19. The van der Waals surface area contributed by atoms with Crippen molar-refractivity contribution in [3.8, 4) is 0 Å². The number of benzene rings is 2. The maximum Gasteiger partial charge on any atom is 0.210 e. The lowest BCUT2D eigenvalue weighted by molar-refractivity contribution is -0.933. The van der Waals surface area contributed by atoms with Crippen LogP contribution in [0.4, 0.5) is 5.69 Å². The van der Waals surface area contributed by atoms with Crippen molar-refractivity contribution in [1.29, 1.82) is 0 Å². The Kier molecular flexibility index (Phi) is 6.86. The minimum absolute atomic E-state index is 0.0705. The molecule has 170 valence electrons. The Bertz CT molecular complexity index is 1110. The highest BCUT2D eigenvalue weighted by atomic mass is 32.2. The van der Waals surface area contributed by atoms with Crippen molar-refractivity contribution in [2.75, 3.05) is 31.1 Å². The summed E-state index contributed by atoms with van der Waals surface area (Å²) in [6, 6.07) is 17.4. The van der Waals surface area contributed by atoms with Crippen LogP contribution in [-0.4, -0.2) is 54.8 Å². The average Bonchev–Trinajstić information content (AvgIpc) is 3.25. The molecule has 8 nitrogen and oxygen atoms in total. The summed E-state index contributed by atoms with van der Waals surface area (Å²) in [5.74, 6) is 0.410. The van der Waals surface area contributed by atoms with Gasteiger partial charge in [0.25, 0.3) is 0 Å². The summed E-state index contributed by atoms with van der Waals surface area (Å²) in [5, 5.41) is 12.2. The quantitative estimate of drug-likeness (QED) is 0.556. The summed E-state index contributed by atoms with van der Waals surface area (Å²) < 4.78 is 27.5. The van der Waals surface area contributed by atoms with E-state index in [1.54, 1.807) is 12.1 Å². The fourth-order valence-electron chi connectivity index (χ4n) is 4.38. The molecule has 0 bridgehead atoms. The number of aryl methyl sites for hydroxylation is 1. The molecule has 0 aliphatic carbocycles. The third-order valence-electron chi connectivity index (χ3n) is 6.14. The zero-order chi connectivity index (χ0) is 22.6. The van der Waals surface area contributed by atoms with E-state index in [-0.39, 0.29) is 11.9 Å². The van der Waals surface area contributed by atoms with E-state index in [4.69, 9.17) is 0 Å². The number of para-hydroxylation sites is 1. The van der Waals surface area contributed by atoms with Crippen LogP contribution in [0, 0.1) is 6.92 Å². The first-order chi connectivity index (χ1) is 15.5. The van der Waals surface area contributed by atoms with Gasteiger partial charge in [-0.2, -0.15) is 0 Å². The largest absolute Gasteiger partial charge is 0.360 e. The summed E-state index contributed by atoms with van der Waals surface area (Å²) in [7, 11) is -3.54. The maximum atomic E-state index is 13.0. The second-order valence-corrected chi connectivity index (χ2v) is 10.4. The molecule has 3 aromatic rings. The molecule has 0 amide bonds. The lowest BCUT2D eigenvalue weighted by atomic mass is 10.1. The molecule has 4 rings (SSSR count). The molecule has 0 spiro atoms. The lowest BCUT2D eigenvalue weighted by Gasteiger charge is -2.37. The standard InChI is InChI=1S/C23H30N6O2S/c1-3-7-22(28-16-14-27(15-17-28)20-8-5-4-6-9-20)23-24-25-26-29(23)18-32(30,31)21-12-10-19(2)11-13-21/h4-6,8-13,22H,3,7,14-18H2,1-2H3/p+1/t22-/m0/s1. The summed E-state index contributed by atoms with van der Waals surface area (Å²) in [6.07, 6.45) is 1.89. The van der Waals surface area contributed by atoms with Gasteiger partial charge in [-0.1, -0.05) is 49.2 Å². The Morgan fingerprint density at radius 2 is 1.72 bits per heavy atom. The first kappa shape index (κ1) is 22.4. The number of sulfone groups is 1. The Balaban J connectivity index is 1.50. The van der Waals surface area contributed by atoms with Gasteiger partial charge in [0.2, 0.25) is 5.82 Å². The number of rotatable bonds is 8. The molecule has 1 saturated heterocycles. The number of nitrogens with zero attached hydrogens (tertiary/aromatic N) is 5. The molecular weight excluding hydrogens is 424 g/mol. The number of anilines is 1. The van der Waals surface area contributed by atoms with Gasteiger partial charge in [0.15, 0.2) is 15.7 Å². The van der Waals surface area contributed by atoms with E-state index >= 15 is 0 Å². The van der Waals surface area contributed by atoms with Gasteiger partial charge in [-0.3, -0.25) is 0 Å². The highest BCUT2D eigenvalue weighted by Gasteiger charge is 2.33. The zero-order valence-corrected chi connectivity index (χ0v) is 19.5. The number of piperazine rings is 1. The van der Waals surface area contributed by atoms with Crippen LogP contribution < -0.4 is 9.80 Å². The number of nitrogens with one attached hydrogen (secondary N) is 1. The Hall–Kier alpha value is -2.78. The van der Waals surface area contributed by atoms with Crippen LogP contribution in [0.5, 0.6) is 0 Å². The molecule has 1 fully saturated rings. The van der Waals surface area contributed by atoms with E-state index in [0.29, 0.717) is 10.7 Å². The van der Waals surface area contributed by atoms with Crippen LogP contribution >= 0.6 is 0 Å². The average molecular weight is 456 g/mol. The van der Waals surface area contributed by atoms with Crippen LogP contribution in [-0.2, 0) is 15.7 Å². The number of quaternary nitrogens is 1. The summed E-state index contributed by atoms with van der Waals surface area (Å²) in [5.41, 5.74) is 2.26. The van der Waals surface area contributed by atoms with Gasteiger partial charge in [0.1, 0.15) is 6.04 Å². The third-order valence-corrected chi connectivity index (χ3v) is 7.72. The number of tetrazole rings is 1. The molecule has 1 aliphatic heterocycles. The summed E-state index contributed by atoms with van der Waals surface area (Å²) >= 11 is 0. The number of hydrogen-bond donors (Lipinski definition) is 1. The first-order valence-corrected chi connectivity index (χ1v) is 12.8. The van der Waals surface area contributed by atoms with Gasteiger partial charge < -0.3 is 9.80 Å². The van der Waals surface area contributed by atoms with Gasteiger partial charge in [-0.05, 0) is 41.6 Å². The van der Waals surface area contributed by atoms with Crippen LogP contribution in [0.15, 0.2) is 59.5 Å². The molecule has 0 radical (unpaired) electrons. The van der Waals surface area contributed by atoms with Crippen molar-refractivity contribution in [1.82, 2.24) is 20.2 Å². The number of hydrogen-bond acceptors (Lipinski definition) is 6. The molecular formula is C23H31N6O2S+. The van der Waals surface area contributed by atoms with Crippen molar-refractivity contribution >= 4 is 15.5 Å². The molecule has 1 aromatic heterocycles. The smallest absolute Gasteiger partial charge is 0.210 e. The van der Waals surface area contributed by atoms with E-state index in [1.807, 2.05) is 25.1 Å². The van der Waals surface area contributed by atoms with E-state index in [0.717, 1.165) is 44.6 Å². The molecule has 0 saturated carbocycles. The zero-order valence-electron chi connectivity index (χ0n) is 18.7. The van der Waals surface area contributed by atoms with E-state index in [2.05, 4.69) is 51.6 Å². The van der Waals surface area contributed by atoms with Crippen LogP contribution in [0.25, 0.3) is 0 Å². The molecule has 2 heterocycles. The summed E-state index contributed by atoms with van der Waals surface area (Å²) in [4.78, 5) is 4.10. The van der Waals surface area contributed by atoms with Crippen LogP contribution in [0.3, 0.4) is 0 Å². The molecule has 1 aliphatic rings. The summed E-state index contributed by atoms with van der Waals surface area (Å²) in [6.45, 7) is 7.88. The normalized spacial score (nSPS) is 16.2. The van der Waals surface area contributed by atoms with Gasteiger partial charge in [-0.25, -0.2) is 13.1 Å². The SMILES string of the molecule is CCC[C@@H](c1nnnn1CS(=O)(=O)c1ccc(C)cc1)[NH+]1CCN(c2ccccc2)CC1. The predicted molar refractivity (Wildman–Crippen MR) is 123 cm³/mol. The topological polar surface area (TPSA) is 85.4 Å². The second-order valence-electron chi connectivity index (χ2n) is 8.42. The minimum Gasteiger partial charge on any atom is -0.360 e. The van der Waals surface area contributed by atoms with Crippen molar-refractivity contribution in [3.05, 3.63) is 66.0 Å². The number of aromatic nitrogens is 4. The Morgan fingerprint density at radius 3 is 2.38 bits per heavy atom. The fourth-order valence-corrected chi connectivity index (χ4v) is 5.58. The fraction of sp³-hybridized carbons (Fsp3) is 0.435. The van der Waals surface area contributed by atoms with Crippen molar-refractivity contribution in [2.45, 2.75) is 43.5 Å². The molecule has 1 N–H and O–H groups in total. The molecule has 32 heavy (non-hydrogen) atoms. The first-order valence-electron chi connectivity index (χ1n) is 11.2. The van der Waals surface area contributed by atoms with Crippen molar-refractivity contribution in [3.63, 3.8) is 0 Å².